The summed E-state index contributed by atoms with van der Waals surface area (Å²) in [5.74, 6) is -0.0467. The first-order valence-electron chi connectivity index (χ1n) is 11.7. The van der Waals surface area contributed by atoms with Gasteiger partial charge in [0.15, 0.2) is 0 Å². The highest BCUT2D eigenvalue weighted by Crippen LogP contribution is 2.56. The van der Waals surface area contributed by atoms with Crippen molar-refractivity contribution in [3.05, 3.63) is 42.1 Å². The van der Waals surface area contributed by atoms with Crippen molar-refractivity contribution in [2.45, 2.75) is 58.2 Å². The number of carbonyl (C=O) groups is 1. The standard InChI is InChI=1S/C26H29FN4O3/c1-25-9-4-10-26(2,14-25)23(27)21(13-25)34-22-8-7-17(30-31-22)16-11-15-5-6-18(24(33)28-3)29-19(15)12-20(16)32/h5-8,11-12,21,23,32H,4,9-10,13-14H2,1-3H3,(H,28,33)/t21-,23-,25-,26-/m0/s1. The Kier molecular flexibility index (Phi) is 5.41. The molecule has 178 valence electrons. The van der Waals surface area contributed by atoms with E-state index in [2.05, 4.69) is 27.4 Å². The number of phenolic OH excluding ortho intramolecular Hbond substituents is 1. The molecule has 2 aromatic heterocycles. The molecule has 7 nitrogen and oxygen atoms in total. The molecule has 1 aromatic carbocycles. The predicted octanol–water partition coefficient (Wildman–Crippen LogP) is 4.83. The van der Waals surface area contributed by atoms with Crippen LogP contribution in [-0.4, -0.2) is 45.5 Å². The third-order valence-corrected chi connectivity index (χ3v) is 7.50. The molecule has 2 saturated carbocycles. The number of rotatable bonds is 4. The third-order valence-electron chi connectivity index (χ3n) is 7.50. The van der Waals surface area contributed by atoms with Gasteiger partial charge in [-0.3, -0.25) is 4.79 Å². The molecule has 1 amide bonds. The van der Waals surface area contributed by atoms with Crippen molar-refractivity contribution in [3.63, 3.8) is 0 Å². The van der Waals surface area contributed by atoms with E-state index in [-0.39, 0.29) is 34.1 Å². The molecule has 4 atom stereocenters. The highest BCUT2D eigenvalue weighted by molar-refractivity contribution is 5.96. The number of halogens is 1. The van der Waals surface area contributed by atoms with Crippen molar-refractivity contribution in [3.8, 4) is 22.9 Å². The number of hydrogen-bond acceptors (Lipinski definition) is 6. The Morgan fingerprint density at radius 2 is 2.00 bits per heavy atom. The topological polar surface area (TPSA) is 97.2 Å². The molecular formula is C26H29FN4O3. The van der Waals surface area contributed by atoms with Gasteiger partial charge in [-0.1, -0.05) is 26.3 Å². The van der Waals surface area contributed by atoms with Crippen molar-refractivity contribution in [2.75, 3.05) is 7.05 Å². The summed E-state index contributed by atoms with van der Waals surface area (Å²) in [6.07, 6.45) is 3.02. The van der Waals surface area contributed by atoms with Gasteiger partial charge in [0, 0.05) is 35.5 Å². The number of nitrogens with zero attached hydrogens (tertiary/aromatic N) is 3. The van der Waals surface area contributed by atoms with E-state index in [1.54, 1.807) is 30.3 Å². The number of fused-ring (bicyclic) bond motifs is 3. The number of alkyl halides is 1. The van der Waals surface area contributed by atoms with Crippen molar-refractivity contribution in [1.29, 1.82) is 0 Å². The summed E-state index contributed by atoms with van der Waals surface area (Å²) in [4.78, 5) is 16.1. The molecule has 8 heteroatoms. The SMILES string of the molecule is CNC(=O)c1ccc2cc(-c3ccc(O[C@H]4C[C@]5(C)CCC[C@@](C)(C5)[C@H]4F)nn3)c(O)cc2n1. The normalized spacial score (nSPS) is 28.5. The molecular weight excluding hydrogens is 435 g/mol. The molecule has 5 rings (SSSR count). The van der Waals surface area contributed by atoms with Crippen LogP contribution in [0.4, 0.5) is 4.39 Å². The van der Waals surface area contributed by atoms with Gasteiger partial charge in [0.25, 0.3) is 5.91 Å². The number of nitrogens with one attached hydrogen (secondary N) is 1. The smallest absolute Gasteiger partial charge is 0.269 e. The van der Waals surface area contributed by atoms with Gasteiger partial charge in [-0.15, -0.1) is 10.2 Å². The van der Waals surface area contributed by atoms with E-state index in [0.29, 0.717) is 23.2 Å². The third kappa shape index (κ3) is 3.95. The summed E-state index contributed by atoms with van der Waals surface area (Å²) in [7, 11) is 1.54. The number of aromatic nitrogens is 3. The van der Waals surface area contributed by atoms with E-state index in [1.165, 1.54) is 13.1 Å². The summed E-state index contributed by atoms with van der Waals surface area (Å²) in [6.45, 7) is 4.27. The Hall–Kier alpha value is -3.29. The lowest BCUT2D eigenvalue weighted by Gasteiger charge is -2.53. The number of benzene rings is 1. The van der Waals surface area contributed by atoms with Gasteiger partial charge in [-0.05, 0) is 49.3 Å². The summed E-state index contributed by atoms with van der Waals surface area (Å²) >= 11 is 0. The van der Waals surface area contributed by atoms with Crippen LogP contribution in [0.5, 0.6) is 11.6 Å². The molecule has 2 N–H and O–H groups in total. The molecule has 0 saturated heterocycles. The van der Waals surface area contributed by atoms with E-state index >= 15 is 4.39 Å². The Morgan fingerprint density at radius 1 is 1.18 bits per heavy atom. The van der Waals surface area contributed by atoms with Crippen LogP contribution in [-0.2, 0) is 0 Å². The van der Waals surface area contributed by atoms with E-state index in [4.69, 9.17) is 4.74 Å². The highest BCUT2D eigenvalue weighted by atomic mass is 19.1. The van der Waals surface area contributed by atoms with Crippen LogP contribution in [0.3, 0.4) is 0 Å². The zero-order valence-corrected chi connectivity index (χ0v) is 19.6. The highest BCUT2D eigenvalue weighted by Gasteiger charge is 2.54. The average molecular weight is 465 g/mol. The summed E-state index contributed by atoms with van der Waals surface area (Å²) < 4.78 is 21.4. The molecule has 0 spiro atoms. The number of ether oxygens (including phenoxy) is 1. The van der Waals surface area contributed by atoms with Gasteiger partial charge >= 0.3 is 0 Å². The minimum Gasteiger partial charge on any atom is -0.507 e. The number of amides is 1. The van der Waals surface area contributed by atoms with Crippen molar-refractivity contribution in [2.24, 2.45) is 10.8 Å². The van der Waals surface area contributed by atoms with Gasteiger partial charge in [0.1, 0.15) is 23.7 Å². The number of carbonyl (C=O) groups excluding carboxylic acids is 1. The first-order valence-corrected chi connectivity index (χ1v) is 11.7. The molecule has 2 fully saturated rings. The van der Waals surface area contributed by atoms with Crippen LogP contribution in [0.25, 0.3) is 22.2 Å². The molecule has 34 heavy (non-hydrogen) atoms. The number of pyridine rings is 1. The number of phenols is 1. The van der Waals surface area contributed by atoms with Crippen LogP contribution in [0.15, 0.2) is 36.4 Å². The van der Waals surface area contributed by atoms with E-state index in [0.717, 1.165) is 31.1 Å². The first-order chi connectivity index (χ1) is 16.2. The van der Waals surface area contributed by atoms with E-state index < -0.39 is 12.3 Å². The molecule has 2 heterocycles. The van der Waals surface area contributed by atoms with Crippen molar-refractivity contribution < 1.29 is 19.0 Å². The zero-order chi connectivity index (χ0) is 24.1. The maximum Gasteiger partial charge on any atom is 0.269 e. The summed E-state index contributed by atoms with van der Waals surface area (Å²) in [5, 5.41) is 22.3. The molecule has 2 bridgehead atoms. The van der Waals surface area contributed by atoms with Crippen LogP contribution in [0, 0.1) is 10.8 Å². The minimum atomic E-state index is -1.04. The van der Waals surface area contributed by atoms with Gasteiger partial charge in [0.2, 0.25) is 5.88 Å². The lowest BCUT2D eigenvalue weighted by Crippen LogP contribution is -2.53. The molecule has 0 radical (unpaired) electrons. The number of aromatic hydroxyl groups is 1. The second-order valence-electron chi connectivity index (χ2n) is 10.4. The fourth-order valence-electron chi connectivity index (χ4n) is 5.92. The van der Waals surface area contributed by atoms with Gasteiger partial charge < -0.3 is 15.2 Å². The van der Waals surface area contributed by atoms with Crippen LogP contribution >= 0.6 is 0 Å². The largest absolute Gasteiger partial charge is 0.507 e. The molecule has 2 aliphatic rings. The van der Waals surface area contributed by atoms with E-state index in [9.17, 15) is 9.90 Å². The molecule has 3 aromatic rings. The maximum absolute atomic E-state index is 15.4. The zero-order valence-electron chi connectivity index (χ0n) is 19.6. The Morgan fingerprint density at radius 3 is 2.74 bits per heavy atom. The van der Waals surface area contributed by atoms with Crippen molar-refractivity contribution >= 4 is 16.8 Å². The molecule has 0 unspecified atom stereocenters. The van der Waals surface area contributed by atoms with Gasteiger partial charge in [0.05, 0.1) is 11.2 Å². The lowest BCUT2D eigenvalue weighted by molar-refractivity contribution is -0.107. The summed E-state index contributed by atoms with van der Waals surface area (Å²) in [6, 6.07) is 10.0. The lowest BCUT2D eigenvalue weighted by atomic mass is 9.55. The minimum absolute atomic E-state index is 0.0261. The Bertz CT molecular complexity index is 1250. The average Bonchev–Trinajstić information content (AvgIpc) is 2.81. The van der Waals surface area contributed by atoms with Gasteiger partial charge in [-0.25, -0.2) is 9.37 Å². The predicted molar refractivity (Wildman–Crippen MR) is 126 cm³/mol. The first kappa shape index (κ1) is 22.5. The van der Waals surface area contributed by atoms with Crippen LogP contribution in [0.2, 0.25) is 0 Å². The fraction of sp³-hybridized carbons (Fsp3) is 0.462. The summed E-state index contributed by atoms with van der Waals surface area (Å²) in [5.41, 5.74) is 1.44. The van der Waals surface area contributed by atoms with Crippen molar-refractivity contribution in [1.82, 2.24) is 20.5 Å². The molecule has 2 aliphatic carbocycles. The van der Waals surface area contributed by atoms with Crippen LogP contribution < -0.4 is 10.1 Å². The monoisotopic (exact) mass is 464 g/mol. The Labute approximate surface area is 197 Å². The van der Waals surface area contributed by atoms with Crippen LogP contribution in [0.1, 0.15) is 56.4 Å². The Balaban J connectivity index is 1.38. The van der Waals surface area contributed by atoms with Gasteiger partial charge in [-0.2, -0.15) is 0 Å². The maximum atomic E-state index is 15.4. The second kappa shape index (κ2) is 8.18. The quantitative estimate of drug-likeness (QED) is 0.574. The molecule has 0 aliphatic heterocycles. The fourth-order valence-corrected chi connectivity index (χ4v) is 5.92. The second-order valence-corrected chi connectivity index (χ2v) is 10.4. The number of hydrogen-bond donors (Lipinski definition) is 2. The van der Waals surface area contributed by atoms with E-state index in [1.807, 2.05) is 6.92 Å².